The fraction of sp³-hybridized carbons (Fsp3) is 0.500. The Morgan fingerprint density at radius 2 is 1.86 bits per heavy atom. The van der Waals surface area contributed by atoms with Crippen molar-refractivity contribution >= 4 is 28.9 Å². The molecule has 13 heteroatoms. The summed E-state index contributed by atoms with van der Waals surface area (Å²) in [5.41, 5.74) is 8.73. The number of hydrogen-bond donors (Lipinski definition) is 3. The highest BCUT2D eigenvalue weighted by Crippen LogP contribution is 2.46. The minimum absolute atomic E-state index is 0.0103. The molecule has 0 radical (unpaired) electrons. The lowest BCUT2D eigenvalue weighted by atomic mass is 9.84. The first-order valence-corrected chi connectivity index (χ1v) is 20.0. The lowest BCUT2D eigenvalue weighted by molar-refractivity contribution is -0.155. The summed E-state index contributed by atoms with van der Waals surface area (Å²) >= 11 is 0. The number of amides is 2. The Bertz CT molecular complexity index is 2170. The molecule has 0 aliphatic carbocycles. The highest BCUT2D eigenvalue weighted by atomic mass is 16.6. The number of ether oxygens (including phenoxy) is 4. The van der Waals surface area contributed by atoms with E-state index in [4.69, 9.17) is 23.9 Å². The number of nitrogens with one attached hydrogen (secondary N) is 2. The van der Waals surface area contributed by atoms with Gasteiger partial charge in [-0.25, -0.2) is 10.2 Å². The first kappa shape index (κ1) is 40.1. The molecule has 304 valence electrons. The van der Waals surface area contributed by atoms with Crippen molar-refractivity contribution in [3.63, 3.8) is 0 Å². The van der Waals surface area contributed by atoms with Crippen molar-refractivity contribution in [2.75, 3.05) is 26.9 Å². The summed E-state index contributed by atoms with van der Waals surface area (Å²) in [6.07, 6.45) is 4.15. The van der Waals surface area contributed by atoms with E-state index in [0.717, 1.165) is 69.7 Å². The molecule has 2 aromatic heterocycles. The average molecular weight is 782 g/mol. The zero-order valence-corrected chi connectivity index (χ0v) is 34.1. The highest BCUT2D eigenvalue weighted by molar-refractivity contribution is 5.99. The first-order valence-electron chi connectivity index (χ1n) is 20.0. The van der Waals surface area contributed by atoms with E-state index in [1.165, 1.54) is 5.01 Å². The van der Waals surface area contributed by atoms with Gasteiger partial charge in [-0.05, 0) is 118 Å². The molecule has 3 N–H and O–H groups in total. The van der Waals surface area contributed by atoms with E-state index in [-0.39, 0.29) is 24.9 Å². The number of hydrogen-bond acceptors (Lipinski definition) is 10. The third-order valence-electron chi connectivity index (χ3n) is 10.8. The summed E-state index contributed by atoms with van der Waals surface area (Å²) in [5, 5.41) is 16.4. The fourth-order valence-electron chi connectivity index (χ4n) is 8.16. The molecule has 2 aromatic carbocycles. The Hall–Kier alpha value is -5.14. The predicted octanol–water partition coefficient (Wildman–Crippen LogP) is 7.01. The number of phenolic OH excluding ortho intramolecular Hbond substituents is 1. The van der Waals surface area contributed by atoms with Gasteiger partial charge in [0.2, 0.25) is 0 Å². The minimum atomic E-state index is -1.08. The van der Waals surface area contributed by atoms with Crippen molar-refractivity contribution < 1.29 is 38.4 Å². The third kappa shape index (κ3) is 8.74. The number of aromatic nitrogens is 2. The van der Waals surface area contributed by atoms with Gasteiger partial charge in [0.25, 0.3) is 5.91 Å². The summed E-state index contributed by atoms with van der Waals surface area (Å²) in [6.45, 7) is 13.2. The topological polar surface area (TPSA) is 153 Å². The van der Waals surface area contributed by atoms with Crippen molar-refractivity contribution in [3.05, 3.63) is 65.5 Å². The second-order valence-electron chi connectivity index (χ2n) is 17.3. The van der Waals surface area contributed by atoms with Crippen LogP contribution in [0.1, 0.15) is 90.2 Å². The molecule has 0 spiro atoms. The van der Waals surface area contributed by atoms with Crippen LogP contribution in [0.5, 0.6) is 11.5 Å². The molecule has 3 aliphatic heterocycles. The van der Waals surface area contributed by atoms with Crippen LogP contribution in [0.15, 0.2) is 48.7 Å². The number of cyclic esters (lactones) is 1. The van der Waals surface area contributed by atoms with Gasteiger partial charge in [-0.15, -0.1) is 0 Å². The highest BCUT2D eigenvalue weighted by Gasteiger charge is 2.36. The summed E-state index contributed by atoms with van der Waals surface area (Å²) in [7, 11) is 1.68. The smallest absolute Gasteiger partial charge is 0.408 e. The van der Waals surface area contributed by atoms with E-state index in [1.54, 1.807) is 46.2 Å². The van der Waals surface area contributed by atoms with E-state index in [0.29, 0.717) is 38.0 Å². The molecule has 1 fully saturated rings. The second-order valence-corrected chi connectivity index (χ2v) is 17.3. The zero-order chi connectivity index (χ0) is 40.6. The zero-order valence-electron chi connectivity index (χ0n) is 34.1. The normalized spacial score (nSPS) is 20.7. The summed E-state index contributed by atoms with van der Waals surface area (Å²) < 4.78 is 26.4. The lowest BCUT2D eigenvalue weighted by Gasteiger charge is -2.35. The van der Waals surface area contributed by atoms with E-state index < -0.39 is 41.1 Å². The lowest BCUT2D eigenvalue weighted by Crippen LogP contribution is -2.60. The van der Waals surface area contributed by atoms with Crippen molar-refractivity contribution in [2.45, 2.75) is 110 Å². The van der Waals surface area contributed by atoms with Crippen LogP contribution >= 0.6 is 0 Å². The Morgan fingerprint density at radius 1 is 1.07 bits per heavy atom. The Morgan fingerprint density at radius 3 is 2.63 bits per heavy atom. The number of nitrogens with zero attached hydrogens (tertiary/aromatic N) is 3. The molecule has 3 aliphatic rings. The first-order chi connectivity index (χ1) is 27.1. The molecule has 13 nitrogen and oxygen atoms in total. The summed E-state index contributed by atoms with van der Waals surface area (Å²) in [4.78, 5) is 45.9. The fourth-order valence-corrected chi connectivity index (χ4v) is 8.16. The van der Waals surface area contributed by atoms with Gasteiger partial charge in [-0.2, -0.15) is 0 Å². The number of phenols is 1. The van der Waals surface area contributed by atoms with Gasteiger partial charge < -0.3 is 33.9 Å². The summed E-state index contributed by atoms with van der Waals surface area (Å²) in [5.74, 6) is -0.163. The molecule has 0 saturated carbocycles. The quantitative estimate of drug-likeness (QED) is 0.184. The second kappa shape index (κ2) is 16.0. The third-order valence-corrected chi connectivity index (χ3v) is 10.8. The van der Waals surface area contributed by atoms with Crippen LogP contribution in [0, 0.1) is 5.41 Å². The number of esters is 1. The number of carbonyl (C=O) groups excluding carboxylic acids is 3. The Kier molecular flexibility index (Phi) is 11.3. The van der Waals surface area contributed by atoms with Crippen LogP contribution in [0.25, 0.3) is 33.3 Å². The van der Waals surface area contributed by atoms with Gasteiger partial charge in [0, 0.05) is 49.2 Å². The Labute approximate surface area is 334 Å². The van der Waals surface area contributed by atoms with E-state index in [1.807, 2.05) is 25.1 Å². The molecule has 1 saturated heterocycles. The minimum Gasteiger partial charge on any atom is -0.508 e. The average Bonchev–Trinajstić information content (AvgIpc) is 3.45. The molecule has 6 bridgehead atoms. The molecule has 3 atom stereocenters. The molecule has 4 aromatic rings. The van der Waals surface area contributed by atoms with Crippen molar-refractivity contribution in [1.82, 2.24) is 25.3 Å². The van der Waals surface area contributed by atoms with Crippen LogP contribution in [-0.2, 0) is 43.2 Å². The predicted molar refractivity (Wildman–Crippen MR) is 216 cm³/mol. The molecule has 7 rings (SSSR count). The van der Waals surface area contributed by atoms with E-state index in [9.17, 15) is 19.5 Å². The van der Waals surface area contributed by atoms with Crippen molar-refractivity contribution in [1.29, 1.82) is 0 Å². The van der Waals surface area contributed by atoms with Gasteiger partial charge in [0.1, 0.15) is 29.2 Å². The van der Waals surface area contributed by atoms with Gasteiger partial charge >= 0.3 is 12.1 Å². The number of carbonyl (C=O) groups is 3. The summed E-state index contributed by atoms with van der Waals surface area (Å²) in [6, 6.07) is 11.6. The van der Waals surface area contributed by atoms with Gasteiger partial charge in [0.15, 0.2) is 0 Å². The molecule has 57 heavy (non-hydrogen) atoms. The van der Waals surface area contributed by atoms with Gasteiger partial charge in [0.05, 0.1) is 36.2 Å². The van der Waals surface area contributed by atoms with Gasteiger partial charge in [-0.3, -0.25) is 19.6 Å². The number of aryl methyl sites for hydroxylation is 1. The SMILES string of the molecule is CO[C@@H](C)c1ncccc1-c1c2c3cc(cc4c3n1CCCCO4)-c1cc(O)cc(c1)C[C@H](NC(=O)OC(C)(C)C)C(=O)N1CCC[C@H](N1)C(=O)OCC(C)(C)C2. The maximum absolute atomic E-state index is 14.2. The van der Waals surface area contributed by atoms with Crippen LogP contribution in [0.2, 0.25) is 0 Å². The number of fused-ring (bicyclic) bond motifs is 6. The van der Waals surface area contributed by atoms with E-state index in [2.05, 4.69) is 41.3 Å². The molecule has 2 amide bonds. The van der Waals surface area contributed by atoms with Crippen LogP contribution in [0.4, 0.5) is 4.79 Å². The maximum Gasteiger partial charge on any atom is 0.408 e. The van der Waals surface area contributed by atoms with Crippen LogP contribution in [-0.4, -0.2) is 82.2 Å². The van der Waals surface area contributed by atoms with Crippen molar-refractivity contribution in [2.24, 2.45) is 5.41 Å². The van der Waals surface area contributed by atoms with Gasteiger partial charge in [-0.1, -0.05) is 19.9 Å². The van der Waals surface area contributed by atoms with Crippen LogP contribution in [0.3, 0.4) is 0 Å². The number of aromatic hydroxyl groups is 1. The Balaban J connectivity index is 1.45. The number of pyridine rings is 1. The van der Waals surface area contributed by atoms with Crippen LogP contribution < -0.4 is 15.5 Å². The largest absolute Gasteiger partial charge is 0.508 e. The maximum atomic E-state index is 14.2. The number of hydrazine groups is 1. The number of benzene rings is 2. The number of rotatable bonds is 4. The standard InChI is InChI=1S/C44H55N5O8/c1-26(54-7)37-31(12-10-14-45-37)38-33-24-44(5,6)25-56-41(52)34-13-11-16-49(47-34)40(51)35(46-42(53)57-43(2,3)4)20-27-18-28(21-30(50)19-27)29-22-32(33)39-36(23-29)55-17-9-8-15-48(38)39/h10,12,14,18-19,21-23,26,34-35,47,50H,8-9,11,13,15-17,20,24-25H2,1-7H3,(H,46,53)/t26-,34-,35-/m0/s1. The molecule has 5 heterocycles. The molecular weight excluding hydrogens is 727 g/mol. The van der Waals surface area contributed by atoms with Crippen molar-refractivity contribution in [3.8, 4) is 33.9 Å². The monoisotopic (exact) mass is 781 g/mol. The molecule has 0 unspecified atom stereocenters. The molecular formula is C44H55N5O8. The van der Waals surface area contributed by atoms with E-state index >= 15 is 0 Å². The number of methoxy groups -OCH3 is 1. The number of alkyl carbamates (subject to hydrolysis) is 1.